The summed E-state index contributed by atoms with van der Waals surface area (Å²) >= 11 is 0. The molecule has 18 heavy (non-hydrogen) atoms. The molecule has 1 atom stereocenters. The maximum Gasteiger partial charge on any atom is 0.128 e. The zero-order valence-corrected chi connectivity index (χ0v) is 12.3. The molecule has 1 N–H and O–H groups in total. The quantitative estimate of drug-likeness (QED) is 0.807. The van der Waals surface area contributed by atoms with Crippen molar-refractivity contribution >= 4 is 0 Å². The lowest BCUT2D eigenvalue weighted by molar-refractivity contribution is 0.406. The Labute approximate surface area is 111 Å². The van der Waals surface area contributed by atoms with E-state index in [2.05, 4.69) is 31.1 Å². The Morgan fingerprint density at radius 3 is 2.61 bits per heavy atom. The summed E-state index contributed by atoms with van der Waals surface area (Å²) in [6, 6.07) is 0.587. The number of aromatic nitrogens is 1. The molecule has 0 fully saturated rings. The van der Waals surface area contributed by atoms with Crippen molar-refractivity contribution in [2.75, 3.05) is 13.7 Å². The van der Waals surface area contributed by atoms with E-state index >= 15 is 0 Å². The van der Waals surface area contributed by atoms with Crippen molar-refractivity contribution in [3.05, 3.63) is 23.0 Å². The van der Waals surface area contributed by atoms with Crippen LogP contribution in [0.1, 0.15) is 43.5 Å². The third-order valence-electron chi connectivity index (χ3n) is 3.46. The molecule has 0 bridgehead atoms. The minimum Gasteiger partial charge on any atom is -0.496 e. The van der Waals surface area contributed by atoms with E-state index in [1.54, 1.807) is 7.11 Å². The number of nitrogens with zero attached hydrogens (tertiary/aromatic N) is 1. The molecule has 0 saturated heterocycles. The predicted molar refractivity (Wildman–Crippen MR) is 76.3 cm³/mol. The molecule has 1 aromatic rings. The average molecular weight is 250 g/mol. The van der Waals surface area contributed by atoms with Gasteiger partial charge in [0.15, 0.2) is 0 Å². The second kappa shape index (κ2) is 7.37. The zero-order valence-electron chi connectivity index (χ0n) is 12.3. The van der Waals surface area contributed by atoms with Crippen molar-refractivity contribution in [2.24, 2.45) is 0 Å². The number of aryl methyl sites for hydroxylation is 2. The lowest BCUT2D eigenvalue weighted by atomic mass is 10.0. The van der Waals surface area contributed by atoms with Gasteiger partial charge in [0.05, 0.1) is 7.11 Å². The van der Waals surface area contributed by atoms with E-state index in [4.69, 9.17) is 4.74 Å². The molecule has 0 aliphatic rings. The fraction of sp³-hybridized carbons (Fsp3) is 0.667. The highest BCUT2D eigenvalue weighted by Gasteiger charge is 2.11. The Kier molecular flexibility index (Phi) is 6.13. The summed E-state index contributed by atoms with van der Waals surface area (Å²) in [5, 5.41) is 3.50. The number of hydrogen-bond acceptors (Lipinski definition) is 3. The van der Waals surface area contributed by atoms with Crippen LogP contribution in [0.2, 0.25) is 0 Å². The number of hydrogen-bond donors (Lipinski definition) is 1. The summed E-state index contributed by atoms with van der Waals surface area (Å²) in [6.07, 6.45) is 5.21. The summed E-state index contributed by atoms with van der Waals surface area (Å²) < 4.78 is 5.44. The molecule has 102 valence electrons. The maximum atomic E-state index is 5.44. The van der Waals surface area contributed by atoms with E-state index in [1.165, 1.54) is 5.56 Å². The van der Waals surface area contributed by atoms with Crippen LogP contribution >= 0.6 is 0 Å². The first-order valence-electron chi connectivity index (χ1n) is 6.86. The van der Waals surface area contributed by atoms with Gasteiger partial charge in [-0.3, -0.25) is 4.98 Å². The van der Waals surface area contributed by atoms with Crippen molar-refractivity contribution < 1.29 is 4.74 Å². The van der Waals surface area contributed by atoms with Crippen LogP contribution in [0.25, 0.3) is 0 Å². The molecule has 0 spiro atoms. The van der Waals surface area contributed by atoms with E-state index in [0.29, 0.717) is 6.04 Å². The second-order valence-corrected chi connectivity index (χ2v) is 4.75. The monoisotopic (exact) mass is 250 g/mol. The third kappa shape index (κ3) is 3.70. The Morgan fingerprint density at radius 1 is 1.33 bits per heavy atom. The van der Waals surface area contributed by atoms with Crippen LogP contribution in [-0.2, 0) is 6.42 Å². The lowest BCUT2D eigenvalue weighted by Gasteiger charge is -2.17. The smallest absolute Gasteiger partial charge is 0.128 e. The summed E-state index contributed by atoms with van der Waals surface area (Å²) in [4.78, 5) is 4.55. The first-order chi connectivity index (χ1) is 8.63. The van der Waals surface area contributed by atoms with Gasteiger partial charge in [0.2, 0.25) is 0 Å². The van der Waals surface area contributed by atoms with Gasteiger partial charge in [0.1, 0.15) is 5.75 Å². The highest BCUT2D eigenvalue weighted by Crippen LogP contribution is 2.24. The normalized spacial score (nSPS) is 12.5. The number of nitrogens with one attached hydrogen (secondary N) is 1. The van der Waals surface area contributed by atoms with E-state index in [0.717, 1.165) is 42.8 Å². The Hall–Kier alpha value is -1.09. The van der Waals surface area contributed by atoms with E-state index in [1.807, 2.05) is 13.1 Å². The maximum absolute atomic E-state index is 5.44. The van der Waals surface area contributed by atoms with Crippen LogP contribution in [0, 0.1) is 13.8 Å². The molecule has 0 radical (unpaired) electrons. The molecule has 0 aliphatic heterocycles. The molecule has 3 heteroatoms. The predicted octanol–water partition coefficient (Wildman–Crippen LogP) is 3.03. The van der Waals surface area contributed by atoms with Gasteiger partial charge in [-0.05, 0) is 39.7 Å². The molecule has 1 rings (SSSR count). The fourth-order valence-electron chi connectivity index (χ4n) is 2.37. The van der Waals surface area contributed by atoms with Crippen molar-refractivity contribution in [2.45, 2.75) is 53.0 Å². The van der Waals surface area contributed by atoms with E-state index < -0.39 is 0 Å². The van der Waals surface area contributed by atoms with Gasteiger partial charge in [-0.15, -0.1) is 0 Å². The molecule has 0 aromatic carbocycles. The van der Waals surface area contributed by atoms with Gasteiger partial charge >= 0.3 is 0 Å². The average Bonchev–Trinajstić information content (AvgIpc) is 2.37. The van der Waals surface area contributed by atoms with E-state index in [-0.39, 0.29) is 0 Å². The van der Waals surface area contributed by atoms with Crippen molar-refractivity contribution in [1.29, 1.82) is 0 Å². The van der Waals surface area contributed by atoms with Gasteiger partial charge < -0.3 is 10.1 Å². The van der Waals surface area contributed by atoms with Crippen LogP contribution in [0.15, 0.2) is 6.20 Å². The summed E-state index contributed by atoms with van der Waals surface area (Å²) in [6.45, 7) is 9.55. The molecule has 1 aromatic heterocycles. The van der Waals surface area contributed by atoms with Gasteiger partial charge in [0, 0.05) is 29.1 Å². The molecule has 1 heterocycles. The van der Waals surface area contributed by atoms with Crippen LogP contribution in [0.5, 0.6) is 5.75 Å². The summed E-state index contributed by atoms with van der Waals surface area (Å²) in [5.41, 5.74) is 3.45. The Morgan fingerprint density at radius 2 is 2.06 bits per heavy atom. The fourth-order valence-corrected chi connectivity index (χ4v) is 2.37. The molecule has 0 amide bonds. The van der Waals surface area contributed by atoms with Crippen molar-refractivity contribution in [3.63, 3.8) is 0 Å². The zero-order chi connectivity index (χ0) is 13.5. The molecular weight excluding hydrogens is 224 g/mol. The van der Waals surface area contributed by atoms with Gasteiger partial charge in [-0.1, -0.05) is 13.8 Å². The second-order valence-electron chi connectivity index (χ2n) is 4.75. The summed E-state index contributed by atoms with van der Waals surface area (Å²) in [5.74, 6) is 0.983. The highest BCUT2D eigenvalue weighted by molar-refractivity contribution is 5.41. The van der Waals surface area contributed by atoms with Gasteiger partial charge in [-0.25, -0.2) is 0 Å². The highest BCUT2D eigenvalue weighted by atomic mass is 16.5. The Bertz CT molecular complexity index is 377. The van der Waals surface area contributed by atoms with Crippen LogP contribution in [0.4, 0.5) is 0 Å². The van der Waals surface area contributed by atoms with Crippen LogP contribution in [0.3, 0.4) is 0 Å². The van der Waals surface area contributed by atoms with Gasteiger partial charge in [-0.2, -0.15) is 0 Å². The minimum atomic E-state index is 0.587. The van der Waals surface area contributed by atoms with Crippen LogP contribution < -0.4 is 10.1 Å². The molecule has 0 saturated carbocycles. The number of methoxy groups -OCH3 is 1. The molecule has 3 nitrogen and oxygen atoms in total. The SMILES string of the molecule is CCNC(CC)CCc1ncc(C)c(OC)c1C. The van der Waals surface area contributed by atoms with Crippen molar-refractivity contribution in [1.82, 2.24) is 10.3 Å². The number of ether oxygens (including phenoxy) is 1. The van der Waals surface area contributed by atoms with Crippen molar-refractivity contribution in [3.8, 4) is 5.75 Å². The van der Waals surface area contributed by atoms with E-state index in [9.17, 15) is 0 Å². The largest absolute Gasteiger partial charge is 0.496 e. The third-order valence-corrected chi connectivity index (χ3v) is 3.46. The van der Waals surface area contributed by atoms with Crippen LogP contribution in [-0.4, -0.2) is 24.7 Å². The molecule has 0 aliphatic carbocycles. The standard InChI is InChI=1S/C15H26N2O/c1-6-13(16-7-2)8-9-14-12(4)15(18-5)11(3)10-17-14/h10,13,16H,6-9H2,1-5H3. The van der Waals surface area contributed by atoms with Gasteiger partial charge in [0.25, 0.3) is 0 Å². The first-order valence-corrected chi connectivity index (χ1v) is 6.86. The Balaban J connectivity index is 2.73. The lowest BCUT2D eigenvalue weighted by Crippen LogP contribution is -2.28. The minimum absolute atomic E-state index is 0.587. The number of pyridine rings is 1. The number of rotatable bonds is 7. The summed E-state index contributed by atoms with van der Waals surface area (Å²) in [7, 11) is 1.73. The molecule has 1 unspecified atom stereocenters. The molecular formula is C15H26N2O. The topological polar surface area (TPSA) is 34.2 Å². The first kappa shape index (κ1) is 15.0.